The van der Waals surface area contributed by atoms with E-state index in [1.807, 2.05) is 13.8 Å². The van der Waals surface area contributed by atoms with Gasteiger partial charge in [0.05, 0.1) is 19.8 Å². The van der Waals surface area contributed by atoms with Crippen LogP contribution in [-0.4, -0.2) is 24.2 Å². The number of nitrogens with zero attached hydrogens (tertiary/aromatic N) is 2. The number of nitrogens with two attached hydrogens (primary N) is 2. The van der Waals surface area contributed by atoms with Crippen LogP contribution in [0.3, 0.4) is 0 Å². The van der Waals surface area contributed by atoms with Gasteiger partial charge in [-0.25, -0.2) is 4.98 Å². The molecule has 2 heterocycles. The van der Waals surface area contributed by atoms with E-state index in [1.54, 1.807) is 26.7 Å². The summed E-state index contributed by atoms with van der Waals surface area (Å²) < 4.78 is 16.7. The number of methoxy groups -OCH3 is 2. The Morgan fingerprint density at radius 2 is 1.88 bits per heavy atom. The Morgan fingerprint density at radius 1 is 1.12 bits per heavy atom. The van der Waals surface area contributed by atoms with Crippen LogP contribution in [0.1, 0.15) is 22.3 Å². The van der Waals surface area contributed by atoms with Gasteiger partial charge >= 0.3 is 0 Å². The van der Waals surface area contributed by atoms with Gasteiger partial charge in [-0.3, -0.25) is 0 Å². The zero-order valence-corrected chi connectivity index (χ0v) is 14.1. The van der Waals surface area contributed by atoms with Crippen molar-refractivity contribution >= 4 is 11.8 Å². The standard InChI is InChI=1S/C17H20N4O3/c1-8-9(2)14-13(15(23-4)12(22-3)7-24-14)11(8)5-10-6-20-17(19)21-16(10)18/h6-7H,5H2,1-4H3,(H4,18,19,20,21). The van der Waals surface area contributed by atoms with Crippen molar-refractivity contribution in [3.63, 3.8) is 0 Å². The van der Waals surface area contributed by atoms with Crippen molar-refractivity contribution in [3.05, 3.63) is 34.7 Å². The van der Waals surface area contributed by atoms with Crippen LogP contribution in [-0.2, 0) is 6.42 Å². The zero-order chi connectivity index (χ0) is 17.4. The summed E-state index contributed by atoms with van der Waals surface area (Å²) >= 11 is 0. The van der Waals surface area contributed by atoms with Crippen LogP contribution in [0.2, 0.25) is 0 Å². The van der Waals surface area contributed by atoms with Gasteiger partial charge in [0.25, 0.3) is 0 Å². The second-order valence-electron chi connectivity index (χ2n) is 5.59. The summed E-state index contributed by atoms with van der Waals surface area (Å²) in [4.78, 5) is 8.06. The molecule has 1 aliphatic heterocycles. The molecule has 1 aromatic heterocycles. The van der Waals surface area contributed by atoms with Crippen LogP contribution in [0.25, 0.3) is 11.3 Å². The number of anilines is 2. The first-order valence-corrected chi connectivity index (χ1v) is 7.46. The molecule has 2 aliphatic rings. The third kappa shape index (κ3) is 2.38. The molecule has 1 aromatic rings. The molecular weight excluding hydrogens is 308 g/mol. The molecule has 0 radical (unpaired) electrons. The average Bonchev–Trinajstić information content (AvgIpc) is 2.81. The third-order valence-electron chi connectivity index (χ3n) is 4.33. The second kappa shape index (κ2) is 5.92. The Morgan fingerprint density at radius 3 is 2.50 bits per heavy atom. The minimum absolute atomic E-state index is 0.158. The Labute approximate surface area is 139 Å². The molecule has 0 unspecified atom stereocenters. The van der Waals surface area contributed by atoms with Crippen molar-refractivity contribution in [1.29, 1.82) is 0 Å². The molecule has 7 heteroatoms. The van der Waals surface area contributed by atoms with Crippen molar-refractivity contribution < 1.29 is 13.9 Å². The third-order valence-corrected chi connectivity index (χ3v) is 4.33. The predicted molar refractivity (Wildman–Crippen MR) is 91.6 cm³/mol. The lowest BCUT2D eigenvalue weighted by Gasteiger charge is -2.14. The minimum atomic E-state index is 0.158. The van der Waals surface area contributed by atoms with Gasteiger partial charge < -0.3 is 25.4 Å². The van der Waals surface area contributed by atoms with E-state index in [9.17, 15) is 0 Å². The van der Waals surface area contributed by atoms with E-state index in [4.69, 9.17) is 25.4 Å². The molecule has 0 bridgehead atoms. The van der Waals surface area contributed by atoms with Gasteiger partial charge in [-0.15, -0.1) is 0 Å². The summed E-state index contributed by atoms with van der Waals surface area (Å²) in [6.45, 7) is 4.06. The SMILES string of the molecule is COc1coc2c(C)c(C)c(Cc3cnc(N)nc3N)c-2c1OC. The fourth-order valence-corrected chi connectivity index (χ4v) is 2.91. The highest BCUT2D eigenvalue weighted by molar-refractivity contribution is 5.81. The summed E-state index contributed by atoms with van der Waals surface area (Å²) in [5, 5.41) is 0. The first-order valence-electron chi connectivity index (χ1n) is 7.46. The van der Waals surface area contributed by atoms with Crippen LogP contribution in [0.5, 0.6) is 11.5 Å². The van der Waals surface area contributed by atoms with Gasteiger partial charge in [-0.2, -0.15) is 4.98 Å². The molecule has 1 aliphatic carbocycles. The van der Waals surface area contributed by atoms with E-state index in [2.05, 4.69) is 9.97 Å². The molecule has 3 rings (SSSR count). The Kier molecular flexibility index (Phi) is 3.92. The van der Waals surface area contributed by atoms with E-state index in [0.29, 0.717) is 23.7 Å². The number of aromatic nitrogens is 2. The molecule has 0 saturated heterocycles. The van der Waals surface area contributed by atoms with Gasteiger partial charge in [0, 0.05) is 18.2 Å². The molecule has 0 saturated carbocycles. The Hall–Kier alpha value is -2.96. The number of ether oxygens (including phenoxy) is 2. The lowest BCUT2D eigenvalue weighted by molar-refractivity contribution is 0.340. The van der Waals surface area contributed by atoms with E-state index in [1.165, 1.54) is 0 Å². The van der Waals surface area contributed by atoms with E-state index in [0.717, 1.165) is 33.6 Å². The van der Waals surface area contributed by atoms with Crippen molar-refractivity contribution in [2.24, 2.45) is 0 Å². The first kappa shape index (κ1) is 15.9. The molecule has 0 amide bonds. The van der Waals surface area contributed by atoms with Gasteiger partial charge in [-0.05, 0) is 30.5 Å². The molecular formula is C17H20N4O3. The highest BCUT2D eigenvalue weighted by atomic mass is 16.5. The van der Waals surface area contributed by atoms with Crippen molar-refractivity contribution in [2.75, 3.05) is 25.7 Å². The normalized spacial score (nSPS) is 11.0. The second-order valence-corrected chi connectivity index (χ2v) is 5.59. The lowest BCUT2D eigenvalue weighted by atomic mass is 10.0. The summed E-state index contributed by atoms with van der Waals surface area (Å²) in [5.74, 6) is 2.48. The summed E-state index contributed by atoms with van der Waals surface area (Å²) in [7, 11) is 3.19. The van der Waals surface area contributed by atoms with Crippen molar-refractivity contribution in [1.82, 2.24) is 9.97 Å². The fraction of sp³-hybridized carbons (Fsp3) is 0.294. The highest BCUT2D eigenvalue weighted by Crippen LogP contribution is 2.47. The lowest BCUT2D eigenvalue weighted by Crippen LogP contribution is -2.04. The number of rotatable bonds is 4. The summed E-state index contributed by atoms with van der Waals surface area (Å²) in [5.41, 5.74) is 16.4. The van der Waals surface area contributed by atoms with Gasteiger partial charge in [0.15, 0.2) is 11.5 Å². The summed E-state index contributed by atoms with van der Waals surface area (Å²) in [6.07, 6.45) is 3.74. The topological polar surface area (TPSA) is 109 Å². The van der Waals surface area contributed by atoms with Crippen LogP contribution in [0, 0.1) is 13.8 Å². The van der Waals surface area contributed by atoms with Gasteiger partial charge in [0.2, 0.25) is 5.95 Å². The number of hydrogen-bond donors (Lipinski definition) is 2. The highest BCUT2D eigenvalue weighted by Gasteiger charge is 2.27. The molecule has 0 atom stereocenters. The molecule has 0 aromatic carbocycles. The van der Waals surface area contributed by atoms with Crippen LogP contribution in [0.15, 0.2) is 16.9 Å². The average molecular weight is 328 g/mol. The zero-order valence-electron chi connectivity index (χ0n) is 14.1. The smallest absolute Gasteiger partial charge is 0.221 e. The first-order chi connectivity index (χ1) is 11.5. The molecule has 0 spiro atoms. The largest absolute Gasteiger partial charge is 0.492 e. The molecule has 24 heavy (non-hydrogen) atoms. The van der Waals surface area contributed by atoms with Crippen LogP contribution < -0.4 is 20.9 Å². The quantitative estimate of drug-likeness (QED) is 0.757. The monoisotopic (exact) mass is 328 g/mol. The van der Waals surface area contributed by atoms with Crippen molar-refractivity contribution in [3.8, 4) is 22.8 Å². The molecule has 4 N–H and O–H groups in total. The maximum Gasteiger partial charge on any atom is 0.221 e. The van der Waals surface area contributed by atoms with Gasteiger partial charge in [0.1, 0.15) is 17.8 Å². The van der Waals surface area contributed by atoms with Crippen molar-refractivity contribution in [2.45, 2.75) is 20.3 Å². The van der Waals surface area contributed by atoms with E-state index < -0.39 is 0 Å². The van der Waals surface area contributed by atoms with E-state index in [-0.39, 0.29) is 5.95 Å². The minimum Gasteiger partial charge on any atom is -0.492 e. The number of nitrogen functional groups attached to an aromatic ring is 2. The fourth-order valence-electron chi connectivity index (χ4n) is 2.91. The maximum atomic E-state index is 5.99. The number of fused-ring (bicyclic) bond motifs is 1. The number of hydrogen-bond acceptors (Lipinski definition) is 7. The Bertz CT molecular complexity index is 873. The van der Waals surface area contributed by atoms with Crippen LogP contribution in [0.4, 0.5) is 11.8 Å². The predicted octanol–water partition coefficient (Wildman–Crippen LogP) is 2.56. The van der Waals surface area contributed by atoms with Gasteiger partial charge in [-0.1, -0.05) is 0 Å². The Balaban J connectivity index is 2.21. The molecule has 7 nitrogen and oxygen atoms in total. The van der Waals surface area contributed by atoms with E-state index >= 15 is 0 Å². The maximum absolute atomic E-state index is 5.99. The van der Waals surface area contributed by atoms with Crippen LogP contribution >= 0.6 is 0 Å². The summed E-state index contributed by atoms with van der Waals surface area (Å²) in [6, 6.07) is 0. The molecule has 0 fully saturated rings. The molecule has 126 valence electrons.